The third kappa shape index (κ3) is 5.16. The van der Waals surface area contributed by atoms with E-state index in [9.17, 15) is 4.79 Å². The van der Waals surface area contributed by atoms with Gasteiger partial charge in [-0.15, -0.1) is 0 Å². The van der Waals surface area contributed by atoms with Gasteiger partial charge in [0.1, 0.15) is 5.75 Å². The Morgan fingerprint density at radius 3 is 2.42 bits per heavy atom. The van der Waals surface area contributed by atoms with E-state index in [0.717, 1.165) is 17.0 Å². The van der Waals surface area contributed by atoms with Gasteiger partial charge in [0.15, 0.2) is 0 Å². The van der Waals surface area contributed by atoms with Gasteiger partial charge in [-0.3, -0.25) is 0 Å². The molecule has 0 spiro atoms. The molecule has 0 bridgehead atoms. The van der Waals surface area contributed by atoms with Gasteiger partial charge in [0, 0.05) is 11.9 Å². The molecule has 4 nitrogen and oxygen atoms in total. The lowest BCUT2D eigenvalue weighted by Gasteiger charge is -2.19. The summed E-state index contributed by atoms with van der Waals surface area (Å²) in [4.78, 5) is 11.9. The normalized spacial score (nSPS) is 11.3. The van der Waals surface area contributed by atoms with Crippen LogP contribution in [0.3, 0.4) is 0 Å². The topological polar surface area (TPSA) is 50.4 Å². The van der Waals surface area contributed by atoms with Crippen molar-refractivity contribution >= 4 is 17.8 Å². The number of amides is 2. The summed E-state index contributed by atoms with van der Waals surface area (Å²) < 4.78 is 5.16. The molecular formula is C20H24N2O2. The molecule has 0 fully saturated rings. The van der Waals surface area contributed by atoms with Crippen molar-refractivity contribution in [1.29, 1.82) is 0 Å². The molecule has 0 radical (unpaired) electrons. The summed E-state index contributed by atoms with van der Waals surface area (Å²) in [5.74, 6) is 0.778. The highest BCUT2D eigenvalue weighted by atomic mass is 16.5. The number of hydrogen-bond donors (Lipinski definition) is 2. The van der Waals surface area contributed by atoms with Crippen molar-refractivity contribution in [1.82, 2.24) is 5.32 Å². The maximum atomic E-state index is 11.9. The summed E-state index contributed by atoms with van der Waals surface area (Å²) in [6.45, 7) is 6.47. The average Bonchev–Trinajstić information content (AvgIpc) is 2.54. The Morgan fingerprint density at radius 1 is 1.08 bits per heavy atom. The molecule has 126 valence electrons. The van der Waals surface area contributed by atoms with Crippen LogP contribution in [0.2, 0.25) is 0 Å². The van der Waals surface area contributed by atoms with E-state index in [1.54, 1.807) is 13.3 Å². The predicted octanol–water partition coefficient (Wildman–Crippen LogP) is 4.79. The molecule has 2 rings (SSSR count). The molecule has 24 heavy (non-hydrogen) atoms. The number of carbonyl (C=O) groups excluding carboxylic acids is 1. The van der Waals surface area contributed by atoms with E-state index >= 15 is 0 Å². The summed E-state index contributed by atoms with van der Waals surface area (Å²) in [7, 11) is 1.62. The largest absolute Gasteiger partial charge is 0.497 e. The van der Waals surface area contributed by atoms with E-state index in [4.69, 9.17) is 4.74 Å². The third-order valence-electron chi connectivity index (χ3n) is 3.59. The van der Waals surface area contributed by atoms with Crippen LogP contribution < -0.4 is 15.4 Å². The van der Waals surface area contributed by atoms with E-state index in [1.165, 1.54) is 5.56 Å². The van der Waals surface area contributed by atoms with Crippen LogP contribution in [0.4, 0.5) is 10.5 Å². The van der Waals surface area contributed by atoms with Crippen molar-refractivity contribution in [3.05, 3.63) is 65.9 Å². The van der Waals surface area contributed by atoms with Crippen LogP contribution in [0.5, 0.6) is 5.75 Å². The summed E-state index contributed by atoms with van der Waals surface area (Å²) in [6, 6.07) is 15.2. The minimum Gasteiger partial charge on any atom is -0.497 e. The fourth-order valence-corrected chi connectivity index (χ4v) is 2.18. The van der Waals surface area contributed by atoms with Gasteiger partial charge in [0.2, 0.25) is 0 Å². The first-order chi connectivity index (χ1) is 11.4. The highest BCUT2D eigenvalue weighted by Gasteiger charge is 2.12. The monoisotopic (exact) mass is 324 g/mol. The number of urea groups is 1. The second-order valence-electron chi connectivity index (χ2n) is 6.54. The summed E-state index contributed by atoms with van der Waals surface area (Å²) >= 11 is 0. The minimum absolute atomic E-state index is 0.0975. The smallest absolute Gasteiger partial charge is 0.323 e. The molecule has 2 amide bonds. The third-order valence-corrected chi connectivity index (χ3v) is 3.59. The van der Waals surface area contributed by atoms with Gasteiger partial charge in [-0.25, -0.2) is 4.79 Å². The zero-order valence-electron chi connectivity index (χ0n) is 14.6. The molecule has 4 heteroatoms. The van der Waals surface area contributed by atoms with Crippen molar-refractivity contribution in [3.63, 3.8) is 0 Å². The van der Waals surface area contributed by atoms with Crippen molar-refractivity contribution in [2.24, 2.45) is 0 Å². The summed E-state index contributed by atoms with van der Waals surface area (Å²) in [5.41, 5.74) is 3.03. The number of anilines is 1. The van der Waals surface area contributed by atoms with Gasteiger partial charge in [0.25, 0.3) is 0 Å². The molecule has 2 N–H and O–H groups in total. The Labute approximate surface area is 143 Å². The quantitative estimate of drug-likeness (QED) is 0.850. The fraction of sp³-hybridized carbons (Fsp3) is 0.250. The van der Waals surface area contributed by atoms with E-state index in [-0.39, 0.29) is 11.4 Å². The highest BCUT2D eigenvalue weighted by Crippen LogP contribution is 2.23. The van der Waals surface area contributed by atoms with Crippen molar-refractivity contribution in [2.75, 3.05) is 12.4 Å². The van der Waals surface area contributed by atoms with Crippen molar-refractivity contribution in [2.45, 2.75) is 26.2 Å². The van der Waals surface area contributed by atoms with Crippen LogP contribution >= 0.6 is 0 Å². The Bertz CT molecular complexity index is 713. The molecule has 0 aliphatic rings. The van der Waals surface area contributed by atoms with Gasteiger partial charge in [-0.1, -0.05) is 45.0 Å². The Kier molecular flexibility index (Phi) is 5.64. The first-order valence-electron chi connectivity index (χ1n) is 7.87. The van der Waals surface area contributed by atoms with Crippen molar-refractivity contribution in [3.8, 4) is 5.75 Å². The molecule has 0 saturated carbocycles. The Hall–Kier alpha value is -2.75. The maximum absolute atomic E-state index is 11.9. The first kappa shape index (κ1) is 17.6. The van der Waals surface area contributed by atoms with Crippen LogP contribution in [0, 0.1) is 0 Å². The zero-order chi connectivity index (χ0) is 17.6. The maximum Gasteiger partial charge on any atom is 0.323 e. The second-order valence-corrected chi connectivity index (χ2v) is 6.54. The molecule has 0 aromatic heterocycles. The van der Waals surface area contributed by atoms with E-state index in [0.29, 0.717) is 0 Å². The lowest BCUT2D eigenvalue weighted by molar-refractivity contribution is 0.255. The van der Waals surface area contributed by atoms with E-state index < -0.39 is 0 Å². The molecule has 2 aromatic carbocycles. The molecule has 0 atom stereocenters. The highest BCUT2D eigenvalue weighted by molar-refractivity contribution is 5.90. The van der Waals surface area contributed by atoms with Crippen LogP contribution in [0.1, 0.15) is 31.9 Å². The van der Waals surface area contributed by atoms with Gasteiger partial charge < -0.3 is 15.4 Å². The van der Waals surface area contributed by atoms with Gasteiger partial charge in [-0.2, -0.15) is 0 Å². The lowest BCUT2D eigenvalue weighted by atomic mass is 9.87. The Morgan fingerprint density at radius 2 is 1.79 bits per heavy atom. The molecular weight excluding hydrogens is 300 g/mol. The van der Waals surface area contributed by atoms with Gasteiger partial charge >= 0.3 is 6.03 Å². The summed E-state index contributed by atoms with van der Waals surface area (Å²) in [6.07, 6.45) is 3.42. The van der Waals surface area contributed by atoms with Crippen LogP contribution in [-0.2, 0) is 5.41 Å². The Balaban J connectivity index is 1.90. The number of hydrogen-bond acceptors (Lipinski definition) is 2. The van der Waals surface area contributed by atoms with Gasteiger partial charge in [0.05, 0.1) is 7.11 Å². The predicted molar refractivity (Wildman–Crippen MR) is 99.3 cm³/mol. The molecule has 0 saturated heterocycles. The molecule has 0 unspecified atom stereocenters. The van der Waals surface area contributed by atoms with E-state index in [1.807, 2.05) is 54.6 Å². The SMILES string of the molecule is COc1cccc(/C=C/NC(=O)Nc2ccc(C(C)(C)C)cc2)c1. The first-order valence-corrected chi connectivity index (χ1v) is 7.87. The van der Waals surface area contributed by atoms with Crippen LogP contribution in [0.25, 0.3) is 6.08 Å². The standard InChI is InChI=1S/C20H24N2O2/c1-20(2,3)16-8-10-17(11-9-16)22-19(23)21-13-12-15-6-5-7-18(14-15)24-4/h5-14H,1-4H3,(H2,21,22,23)/b13-12+. The minimum atomic E-state index is -0.280. The van der Waals surface area contributed by atoms with Crippen molar-refractivity contribution < 1.29 is 9.53 Å². The average molecular weight is 324 g/mol. The van der Waals surface area contributed by atoms with Gasteiger partial charge in [-0.05, 0) is 46.9 Å². The number of carbonyl (C=O) groups is 1. The van der Waals surface area contributed by atoms with Crippen LogP contribution in [0.15, 0.2) is 54.7 Å². The number of methoxy groups -OCH3 is 1. The molecule has 2 aromatic rings. The number of benzene rings is 2. The lowest BCUT2D eigenvalue weighted by Crippen LogP contribution is -2.23. The summed E-state index contributed by atoms with van der Waals surface area (Å²) in [5, 5.41) is 5.49. The second kappa shape index (κ2) is 7.68. The number of rotatable bonds is 4. The molecule has 0 aliphatic heterocycles. The molecule has 0 aliphatic carbocycles. The molecule has 0 heterocycles. The fourth-order valence-electron chi connectivity index (χ4n) is 2.18. The zero-order valence-corrected chi connectivity index (χ0v) is 14.6. The van der Waals surface area contributed by atoms with Crippen LogP contribution in [-0.4, -0.2) is 13.1 Å². The number of nitrogens with one attached hydrogen (secondary N) is 2. The van der Waals surface area contributed by atoms with E-state index in [2.05, 4.69) is 31.4 Å². The number of ether oxygens (including phenoxy) is 1.